The van der Waals surface area contributed by atoms with Crippen molar-refractivity contribution in [1.82, 2.24) is 4.98 Å². The molecule has 0 saturated heterocycles. The topological polar surface area (TPSA) is 114 Å². The first-order valence-electron chi connectivity index (χ1n) is 8.71. The molecule has 0 aromatic carbocycles. The zero-order valence-corrected chi connectivity index (χ0v) is 16.1. The van der Waals surface area contributed by atoms with E-state index in [1.807, 2.05) is 13.8 Å². The van der Waals surface area contributed by atoms with Gasteiger partial charge in [0.1, 0.15) is 11.5 Å². The fourth-order valence-electron chi connectivity index (χ4n) is 4.59. The van der Waals surface area contributed by atoms with Gasteiger partial charge in [-0.05, 0) is 31.1 Å². The lowest BCUT2D eigenvalue weighted by atomic mass is 9.70. The minimum Gasteiger partial charge on any atom is -0.506 e. The Labute approximate surface area is 153 Å². The summed E-state index contributed by atoms with van der Waals surface area (Å²) in [5.41, 5.74) is -0.401. The fraction of sp³-hybridized carbons (Fsp3) is 0.667. The standard InChI is InChI=1S/C18H25NO6S/c1-11-16(22)14(8-20)12(7-19-11)9-25-26(23,24)10-18-5-4-13(6-15(18)21)17(18,2)3/h7,13,20,22H,4-6,8-10H2,1-3H3. The summed E-state index contributed by atoms with van der Waals surface area (Å²) < 4.78 is 30.4. The summed E-state index contributed by atoms with van der Waals surface area (Å²) in [5, 5.41) is 19.4. The van der Waals surface area contributed by atoms with E-state index >= 15 is 0 Å². The summed E-state index contributed by atoms with van der Waals surface area (Å²) in [6.07, 6.45) is 3.25. The number of aliphatic hydroxyl groups excluding tert-OH is 1. The third kappa shape index (κ3) is 2.84. The Bertz CT molecular complexity index is 847. The molecule has 0 aliphatic heterocycles. The quantitative estimate of drug-likeness (QED) is 0.720. The van der Waals surface area contributed by atoms with Crippen LogP contribution < -0.4 is 0 Å². The van der Waals surface area contributed by atoms with Gasteiger partial charge < -0.3 is 10.2 Å². The average Bonchev–Trinajstić information content (AvgIpc) is 2.89. The molecule has 2 aliphatic rings. The number of fused-ring (bicyclic) bond motifs is 2. The molecular weight excluding hydrogens is 358 g/mol. The first-order valence-corrected chi connectivity index (χ1v) is 10.3. The lowest BCUT2D eigenvalue weighted by Crippen LogP contribution is -2.42. The van der Waals surface area contributed by atoms with Gasteiger partial charge in [0, 0.05) is 23.7 Å². The van der Waals surface area contributed by atoms with Gasteiger partial charge in [-0.15, -0.1) is 0 Å². The van der Waals surface area contributed by atoms with Crippen molar-refractivity contribution in [3.8, 4) is 5.75 Å². The zero-order valence-electron chi connectivity index (χ0n) is 15.3. The lowest BCUT2D eigenvalue weighted by molar-refractivity contribution is -0.128. The van der Waals surface area contributed by atoms with Crippen molar-refractivity contribution in [2.24, 2.45) is 16.7 Å². The van der Waals surface area contributed by atoms with Gasteiger partial charge in [0.05, 0.1) is 30.1 Å². The van der Waals surface area contributed by atoms with Crippen LogP contribution in [-0.4, -0.2) is 35.2 Å². The Morgan fingerprint density at radius 1 is 1.38 bits per heavy atom. The molecule has 2 saturated carbocycles. The largest absolute Gasteiger partial charge is 0.506 e. The molecule has 7 nitrogen and oxygen atoms in total. The van der Waals surface area contributed by atoms with Gasteiger partial charge in [-0.3, -0.25) is 14.0 Å². The summed E-state index contributed by atoms with van der Waals surface area (Å²) in [4.78, 5) is 16.5. The number of rotatable bonds is 6. The number of carbonyl (C=O) groups is 1. The minimum absolute atomic E-state index is 0.0108. The number of ketones is 1. The van der Waals surface area contributed by atoms with Crippen molar-refractivity contribution in [3.05, 3.63) is 23.0 Å². The number of pyridine rings is 1. The molecule has 3 rings (SSSR count). The van der Waals surface area contributed by atoms with Crippen LogP contribution in [0.1, 0.15) is 49.9 Å². The third-order valence-corrected chi connectivity index (χ3v) is 7.87. The Morgan fingerprint density at radius 2 is 2.08 bits per heavy atom. The maximum Gasteiger partial charge on any atom is 0.268 e. The Kier molecular flexibility index (Phi) is 4.65. The van der Waals surface area contributed by atoms with Gasteiger partial charge in [-0.1, -0.05) is 13.8 Å². The lowest BCUT2D eigenvalue weighted by Gasteiger charge is -2.35. The van der Waals surface area contributed by atoms with E-state index in [0.717, 1.165) is 6.42 Å². The monoisotopic (exact) mass is 383 g/mol. The van der Waals surface area contributed by atoms with E-state index in [1.54, 1.807) is 6.92 Å². The highest BCUT2D eigenvalue weighted by molar-refractivity contribution is 7.86. The molecular formula is C18H25NO6S. The molecule has 2 fully saturated rings. The van der Waals surface area contributed by atoms with Crippen LogP contribution in [0.15, 0.2) is 6.20 Å². The highest BCUT2D eigenvalue weighted by atomic mass is 32.2. The van der Waals surface area contributed by atoms with Gasteiger partial charge in [-0.2, -0.15) is 8.42 Å². The summed E-state index contributed by atoms with van der Waals surface area (Å²) >= 11 is 0. The SMILES string of the molecule is Cc1ncc(COS(=O)(=O)CC23CCC(CC2=O)C3(C)C)c(CO)c1O. The number of Topliss-reactive ketones (excluding diaryl/α,β-unsaturated/α-hetero) is 1. The van der Waals surface area contributed by atoms with Crippen LogP contribution in [0.4, 0.5) is 0 Å². The van der Waals surface area contributed by atoms with E-state index in [2.05, 4.69) is 4.98 Å². The van der Waals surface area contributed by atoms with Crippen LogP contribution in [0.3, 0.4) is 0 Å². The van der Waals surface area contributed by atoms with Crippen molar-refractivity contribution >= 4 is 15.9 Å². The predicted octanol–water partition coefficient (Wildman–Crippen LogP) is 1.83. The highest BCUT2D eigenvalue weighted by Crippen LogP contribution is 2.64. The molecule has 1 aromatic rings. The Balaban J connectivity index is 1.79. The molecule has 2 atom stereocenters. The van der Waals surface area contributed by atoms with Crippen molar-refractivity contribution < 1.29 is 27.6 Å². The van der Waals surface area contributed by atoms with Crippen LogP contribution in [0.2, 0.25) is 0 Å². The third-order valence-electron chi connectivity index (χ3n) is 6.54. The molecule has 8 heteroatoms. The number of aryl methyl sites for hydroxylation is 1. The Morgan fingerprint density at radius 3 is 2.62 bits per heavy atom. The second-order valence-corrected chi connectivity index (χ2v) is 9.62. The van der Waals surface area contributed by atoms with Gasteiger partial charge in [0.15, 0.2) is 0 Å². The van der Waals surface area contributed by atoms with Crippen molar-refractivity contribution in [2.45, 2.75) is 53.2 Å². The molecule has 144 valence electrons. The fourth-order valence-corrected chi connectivity index (χ4v) is 6.26. The number of aliphatic hydroxyl groups is 1. The number of hydrogen-bond acceptors (Lipinski definition) is 7. The van der Waals surface area contributed by atoms with Crippen LogP contribution in [-0.2, 0) is 32.3 Å². The molecule has 0 spiro atoms. The number of aromatic nitrogens is 1. The first-order chi connectivity index (χ1) is 12.0. The summed E-state index contributed by atoms with van der Waals surface area (Å²) in [6, 6.07) is 0. The molecule has 2 unspecified atom stereocenters. The van der Waals surface area contributed by atoms with E-state index in [-0.39, 0.29) is 40.8 Å². The molecule has 0 amide bonds. The zero-order chi connectivity index (χ0) is 19.3. The Hall–Kier alpha value is -1.51. The van der Waals surface area contributed by atoms with E-state index in [4.69, 9.17) is 4.18 Å². The van der Waals surface area contributed by atoms with Crippen LogP contribution >= 0.6 is 0 Å². The first kappa shape index (κ1) is 19.3. The number of nitrogens with zero attached hydrogens (tertiary/aromatic N) is 1. The molecule has 2 N–H and O–H groups in total. The van der Waals surface area contributed by atoms with Crippen LogP contribution in [0.25, 0.3) is 0 Å². The van der Waals surface area contributed by atoms with Crippen LogP contribution in [0, 0.1) is 23.7 Å². The summed E-state index contributed by atoms with van der Waals surface area (Å²) in [5.74, 6) is -0.265. The maximum absolute atomic E-state index is 12.6. The van der Waals surface area contributed by atoms with E-state index in [0.29, 0.717) is 24.1 Å². The maximum atomic E-state index is 12.6. The predicted molar refractivity (Wildman–Crippen MR) is 93.7 cm³/mol. The second-order valence-electron chi connectivity index (χ2n) is 7.99. The molecule has 1 heterocycles. The highest BCUT2D eigenvalue weighted by Gasteiger charge is 2.65. The molecule has 1 aromatic heterocycles. The molecule has 0 radical (unpaired) electrons. The smallest absolute Gasteiger partial charge is 0.268 e. The summed E-state index contributed by atoms with van der Waals surface area (Å²) in [6.45, 7) is 4.73. The number of aromatic hydroxyl groups is 1. The van der Waals surface area contributed by atoms with Crippen molar-refractivity contribution in [1.29, 1.82) is 0 Å². The van der Waals surface area contributed by atoms with E-state index in [9.17, 15) is 23.4 Å². The number of carbonyl (C=O) groups excluding carboxylic acids is 1. The van der Waals surface area contributed by atoms with Gasteiger partial charge in [0.25, 0.3) is 10.1 Å². The van der Waals surface area contributed by atoms with Crippen molar-refractivity contribution in [3.63, 3.8) is 0 Å². The second kappa shape index (κ2) is 6.28. The number of hydrogen-bond donors (Lipinski definition) is 2. The normalized spacial score (nSPS) is 27.2. The molecule has 2 bridgehead atoms. The van der Waals surface area contributed by atoms with Gasteiger partial charge in [0.2, 0.25) is 0 Å². The molecule has 26 heavy (non-hydrogen) atoms. The van der Waals surface area contributed by atoms with Gasteiger partial charge in [-0.25, -0.2) is 0 Å². The van der Waals surface area contributed by atoms with Crippen molar-refractivity contribution in [2.75, 3.05) is 5.75 Å². The summed E-state index contributed by atoms with van der Waals surface area (Å²) in [7, 11) is -3.97. The minimum atomic E-state index is -3.97. The average molecular weight is 383 g/mol. The van der Waals surface area contributed by atoms with E-state index < -0.39 is 22.1 Å². The van der Waals surface area contributed by atoms with Crippen LogP contribution in [0.5, 0.6) is 5.75 Å². The van der Waals surface area contributed by atoms with E-state index in [1.165, 1.54) is 6.20 Å². The molecule has 2 aliphatic carbocycles. The van der Waals surface area contributed by atoms with Gasteiger partial charge >= 0.3 is 0 Å².